The Morgan fingerprint density at radius 3 is 2.34 bits per heavy atom. The molecule has 2 aromatic rings. The van der Waals surface area contributed by atoms with E-state index < -0.39 is 0 Å². The molecular weight excluding hydrogens is 474 g/mol. The van der Waals surface area contributed by atoms with Gasteiger partial charge in [-0.25, -0.2) is 0 Å². The van der Waals surface area contributed by atoms with Crippen molar-refractivity contribution in [2.45, 2.75) is 102 Å². The van der Waals surface area contributed by atoms with Crippen LogP contribution in [0.1, 0.15) is 91.4 Å². The van der Waals surface area contributed by atoms with Crippen LogP contribution in [0.25, 0.3) is 10.9 Å². The maximum Gasteiger partial charge on any atom is 0.237 e. The number of hydrogen-bond donors (Lipinski definition) is 2. The number of pyridine rings is 1. The lowest BCUT2D eigenvalue weighted by Gasteiger charge is -2.20. The summed E-state index contributed by atoms with van der Waals surface area (Å²) in [6.07, 6.45) is 16.8. The summed E-state index contributed by atoms with van der Waals surface area (Å²) in [5.41, 5.74) is 2.15. The minimum atomic E-state index is -0.140. The Balaban J connectivity index is 2.19. The molecule has 1 atom stereocenters. The Hall–Kier alpha value is -1.73. The lowest BCUT2D eigenvalue weighted by molar-refractivity contribution is -0.116. The van der Waals surface area contributed by atoms with Gasteiger partial charge in [0.05, 0.1) is 22.1 Å². The Kier molecular flexibility index (Phi) is 14.2. The number of benzene rings is 1. The van der Waals surface area contributed by atoms with E-state index in [2.05, 4.69) is 29.5 Å². The van der Waals surface area contributed by atoms with E-state index in [-0.39, 0.29) is 17.1 Å². The molecule has 35 heavy (non-hydrogen) atoms. The highest BCUT2D eigenvalue weighted by molar-refractivity contribution is 8.00. The molecule has 1 aromatic heterocycles. The van der Waals surface area contributed by atoms with Crippen LogP contribution in [0.3, 0.4) is 0 Å². The number of amides is 2. The van der Waals surface area contributed by atoms with Gasteiger partial charge in [0, 0.05) is 23.4 Å². The first-order chi connectivity index (χ1) is 17.0. The molecule has 0 aliphatic heterocycles. The van der Waals surface area contributed by atoms with Crippen molar-refractivity contribution in [1.82, 2.24) is 4.98 Å². The number of aromatic nitrogens is 1. The van der Waals surface area contributed by atoms with Crippen LogP contribution in [-0.2, 0) is 9.59 Å². The average Bonchev–Trinajstić information content (AvgIpc) is 2.85. The largest absolute Gasteiger partial charge is 0.324 e. The number of rotatable bonds is 17. The molecule has 1 heterocycles. The highest BCUT2D eigenvalue weighted by Gasteiger charge is 2.22. The molecule has 2 rings (SSSR count). The monoisotopic (exact) mass is 517 g/mol. The third-order valence-corrected chi connectivity index (χ3v) is 8.20. The van der Waals surface area contributed by atoms with Gasteiger partial charge in [0.25, 0.3) is 0 Å². The van der Waals surface area contributed by atoms with E-state index >= 15 is 0 Å². The van der Waals surface area contributed by atoms with Gasteiger partial charge in [-0.1, -0.05) is 71.6 Å². The van der Waals surface area contributed by atoms with Crippen LogP contribution < -0.4 is 10.6 Å². The zero-order valence-corrected chi connectivity index (χ0v) is 23.6. The molecule has 1 aromatic carbocycles. The molecule has 194 valence electrons. The van der Waals surface area contributed by atoms with Gasteiger partial charge in [-0.3, -0.25) is 14.6 Å². The Morgan fingerprint density at radius 2 is 1.66 bits per heavy atom. The van der Waals surface area contributed by atoms with Gasteiger partial charge in [-0.15, -0.1) is 23.5 Å². The van der Waals surface area contributed by atoms with Crippen LogP contribution >= 0.6 is 23.5 Å². The minimum Gasteiger partial charge on any atom is -0.324 e. The van der Waals surface area contributed by atoms with Crippen molar-refractivity contribution in [3.05, 3.63) is 24.4 Å². The number of fused-ring (bicyclic) bond motifs is 1. The quantitative estimate of drug-likeness (QED) is 0.163. The highest BCUT2D eigenvalue weighted by Crippen LogP contribution is 2.38. The first-order valence-electron chi connectivity index (χ1n) is 13.2. The fourth-order valence-electron chi connectivity index (χ4n) is 4.16. The van der Waals surface area contributed by atoms with E-state index in [0.29, 0.717) is 11.2 Å². The van der Waals surface area contributed by atoms with Gasteiger partial charge >= 0.3 is 0 Å². The van der Waals surface area contributed by atoms with Crippen LogP contribution in [0.2, 0.25) is 0 Å². The second-order valence-electron chi connectivity index (χ2n) is 9.05. The van der Waals surface area contributed by atoms with E-state index in [1.165, 1.54) is 58.3 Å². The molecule has 0 bridgehead atoms. The summed E-state index contributed by atoms with van der Waals surface area (Å²) in [6, 6.07) is 5.75. The van der Waals surface area contributed by atoms with Crippen molar-refractivity contribution in [1.29, 1.82) is 0 Å². The number of anilines is 2. The average molecular weight is 518 g/mol. The summed E-state index contributed by atoms with van der Waals surface area (Å²) in [5, 5.41) is 6.95. The standard InChI is InChI=1S/C28H43N3O2S2/c1-5-7-9-11-12-13-17-24(35-19-14-10-8-6-2)28(33)31-27-22-16-15-18-29-26(22)23(30-21(3)32)20-25(27)34-4/h15-16,18,20,24H,5-14,17,19H2,1-4H3,(H,30,32)(H,31,33). The summed E-state index contributed by atoms with van der Waals surface area (Å²) in [5.74, 6) is 0.957. The van der Waals surface area contributed by atoms with Gasteiger partial charge in [0.1, 0.15) is 0 Å². The number of nitrogens with zero attached hydrogens (tertiary/aromatic N) is 1. The third-order valence-electron chi connectivity index (χ3n) is 6.06. The predicted molar refractivity (Wildman–Crippen MR) is 155 cm³/mol. The summed E-state index contributed by atoms with van der Waals surface area (Å²) in [4.78, 5) is 30.7. The number of nitrogens with one attached hydrogen (secondary N) is 2. The van der Waals surface area contributed by atoms with Crippen molar-refractivity contribution in [2.75, 3.05) is 22.6 Å². The fraction of sp³-hybridized carbons (Fsp3) is 0.607. The smallest absolute Gasteiger partial charge is 0.237 e. The molecule has 0 spiro atoms. The molecule has 2 N–H and O–H groups in total. The number of carbonyl (C=O) groups is 2. The van der Waals surface area contributed by atoms with Crippen LogP contribution in [0.5, 0.6) is 0 Å². The van der Waals surface area contributed by atoms with Gasteiger partial charge in [-0.2, -0.15) is 0 Å². The third kappa shape index (κ3) is 10.0. The van der Waals surface area contributed by atoms with Gasteiger partial charge in [0.15, 0.2) is 0 Å². The maximum absolute atomic E-state index is 13.5. The Morgan fingerprint density at radius 1 is 0.971 bits per heavy atom. The van der Waals surface area contributed by atoms with Gasteiger partial charge < -0.3 is 10.6 Å². The van der Waals surface area contributed by atoms with Crippen LogP contribution in [0.15, 0.2) is 29.3 Å². The second-order valence-corrected chi connectivity index (χ2v) is 11.2. The number of thioether (sulfide) groups is 2. The Bertz CT molecular complexity index is 936. The van der Waals surface area contributed by atoms with Gasteiger partial charge in [0.2, 0.25) is 11.8 Å². The molecule has 5 nitrogen and oxygen atoms in total. The van der Waals surface area contributed by atoms with Crippen molar-refractivity contribution in [3.63, 3.8) is 0 Å². The van der Waals surface area contributed by atoms with E-state index in [0.717, 1.165) is 41.0 Å². The maximum atomic E-state index is 13.5. The normalized spacial score (nSPS) is 12.0. The van der Waals surface area contributed by atoms with E-state index in [9.17, 15) is 9.59 Å². The van der Waals surface area contributed by atoms with Crippen molar-refractivity contribution < 1.29 is 9.59 Å². The highest BCUT2D eigenvalue weighted by atomic mass is 32.2. The van der Waals surface area contributed by atoms with Crippen LogP contribution in [-0.4, -0.2) is 34.1 Å². The topological polar surface area (TPSA) is 71.1 Å². The molecule has 2 amide bonds. The lowest BCUT2D eigenvalue weighted by Crippen LogP contribution is -2.26. The molecule has 0 fully saturated rings. The molecular formula is C28H43N3O2S2. The second kappa shape index (κ2) is 16.9. The summed E-state index contributed by atoms with van der Waals surface area (Å²) in [7, 11) is 0. The fourth-order valence-corrected chi connectivity index (χ4v) is 5.96. The van der Waals surface area contributed by atoms with Gasteiger partial charge in [-0.05, 0) is 43.0 Å². The molecule has 0 saturated carbocycles. The SMILES string of the molecule is CCCCCCCCC(SCCCCCC)C(=O)Nc1c(SC)cc(NC(C)=O)c2ncccc12. The summed E-state index contributed by atoms with van der Waals surface area (Å²) >= 11 is 3.37. The molecule has 1 unspecified atom stereocenters. The zero-order valence-electron chi connectivity index (χ0n) is 22.0. The van der Waals surface area contributed by atoms with E-state index in [1.54, 1.807) is 29.7 Å². The number of carbonyl (C=O) groups excluding carboxylic acids is 2. The predicted octanol–water partition coefficient (Wildman–Crippen LogP) is 8.29. The zero-order chi connectivity index (χ0) is 25.5. The first kappa shape index (κ1) is 29.5. The van der Waals surface area contributed by atoms with Crippen LogP contribution in [0.4, 0.5) is 11.4 Å². The van der Waals surface area contributed by atoms with Crippen molar-refractivity contribution in [3.8, 4) is 0 Å². The number of hydrogen-bond acceptors (Lipinski definition) is 5. The molecule has 0 radical (unpaired) electrons. The van der Waals surface area contributed by atoms with Crippen molar-refractivity contribution in [2.24, 2.45) is 0 Å². The molecule has 7 heteroatoms. The molecule has 0 aliphatic rings. The van der Waals surface area contributed by atoms with E-state index in [1.807, 2.05) is 24.5 Å². The Labute approximate surface area is 220 Å². The summed E-state index contributed by atoms with van der Waals surface area (Å²) < 4.78 is 0. The number of unbranched alkanes of at least 4 members (excludes halogenated alkanes) is 8. The molecule has 0 aliphatic carbocycles. The lowest BCUT2D eigenvalue weighted by atomic mass is 10.1. The van der Waals surface area contributed by atoms with Crippen LogP contribution in [0, 0.1) is 0 Å². The van der Waals surface area contributed by atoms with E-state index in [4.69, 9.17) is 0 Å². The first-order valence-corrected chi connectivity index (χ1v) is 15.4. The molecule has 0 saturated heterocycles. The van der Waals surface area contributed by atoms with Crippen molar-refractivity contribution >= 4 is 57.6 Å². The minimum absolute atomic E-state index is 0.0562. The summed E-state index contributed by atoms with van der Waals surface area (Å²) in [6.45, 7) is 5.95.